The van der Waals surface area contributed by atoms with Crippen molar-refractivity contribution >= 4 is 33.8 Å². The second kappa shape index (κ2) is 6.93. The van der Waals surface area contributed by atoms with Gasteiger partial charge >= 0.3 is 0 Å². The number of amides is 1. The van der Waals surface area contributed by atoms with Gasteiger partial charge in [0.25, 0.3) is 5.91 Å². The fourth-order valence-electron chi connectivity index (χ4n) is 2.95. The van der Waals surface area contributed by atoms with E-state index in [0.29, 0.717) is 22.1 Å². The molecule has 0 saturated carbocycles. The van der Waals surface area contributed by atoms with Crippen LogP contribution in [0, 0.1) is 12.7 Å². The van der Waals surface area contributed by atoms with E-state index in [2.05, 4.69) is 15.3 Å². The van der Waals surface area contributed by atoms with E-state index < -0.39 is 11.7 Å². The number of carbonyl (C=O) groups excluding carboxylic acids is 1. The number of ether oxygens (including phenoxy) is 1. The number of rotatable bonds is 4. The number of hydrogen-bond donors (Lipinski definition) is 2. The van der Waals surface area contributed by atoms with Crippen LogP contribution in [-0.2, 0) is 0 Å². The second-order valence-corrected chi connectivity index (χ2v) is 7.24. The van der Waals surface area contributed by atoms with E-state index >= 15 is 0 Å². The van der Waals surface area contributed by atoms with Crippen LogP contribution in [0.2, 0.25) is 0 Å². The lowest BCUT2D eigenvalue weighted by Gasteiger charge is -2.10. The number of carbonyl (C=O) groups is 1. The van der Waals surface area contributed by atoms with Crippen LogP contribution in [-0.4, -0.2) is 27.4 Å². The standard InChI is InChI=1S/C19H16FN5O2S/c1-10-9-22-19(28-10)24-18(26)15-16(21)25-8-4-5-11(17(25)23-15)14-12(20)6-3-7-13(14)27-2/h3-9H,21H2,1-2H3,(H,22,24,26). The van der Waals surface area contributed by atoms with Crippen molar-refractivity contribution in [3.05, 3.63) is 59.1 Å². The van der Waals surface area contributed by atoms with Gasteiger partial charge in [0.05, 0.1) is 12.7 Å². The van der Waals surface area contributed by atoms with E-state index in [0.717, 1.165) is 4.88 Å². The molecule has 0 atom stereocenters. The minimum Gasteiger partial charge on any atom is -0.496 e. The summed E-state index contributed by atoms with van der Waals surface area (Å²) in [5, 5.41) is 3.14. The minimum atomic E-state index is -0.484. The zero-order chi connectivity index (χ0) is 19.8. The summed E-state index contributed by atoms with van der Waals surface area (Å²) < 4.78 is 21.4. The zero-order valence-corrected chi connectivity index (χ0v) is 15.9. The number of halogens is 1. The second-order valence-electron chi connectivity index (χ2n) is 6.01. The van der Waals surface area contributed by atoms with Crippen LogP contribution in [0.4, 0.5) is 15.3 Å². The largest absolute Gasteiger partial charge is 0.496 e. The van der Waals surface area contributed by atoms with Crippen molar-refractivity contribution in [2.75, 3.05) is 18.2 Å². The van der Waals surface area contributed by atoms with Crippen molar-refractivity contribution in [1.82, 2.24) is 14.4 Å². The summed E-state index contributed by atoms with van der Waals surface area (Å²) in [6.45, 7) is 1.89. The number of methoxy groups -OCH3 is 1. The van der Waals surface area contributed by atoms with Crippen LogP contribution in [0.25, 0.3) is 16.8 Å². The molecule has 7 nitrogen and oxygen atoms in total. The summed E-state index contributed by atoms with van der Waals surface area (Å²) in [5.74, 6) is -0.433. The van der Waals surface area contributed by atoms with Crippen molar-refractivity contribution in [3.63, 3.8) is 0 Å². The number of pyridine rings is 1. The van der Waals surface area contributed by atoms with Gasteiger partial charge in [-0.1, -0.05) is 6.07 Å². The van der Waals surface area contributed by atoms with Gasteiger partial charge in [-0.25, -0.2) is 14.4 Å². The van der Waals surface area contributed by atoms with Crippen LogP contribution < -0.4 is 15.8 Å². The number of fused-ring (bicyclic) bond motifs is 1. The van der Waals surface area contributed by atoms with Gasteiger partial charge in [0.2, 0.25) is 0 Å². The van der Waals surface area contributed by atoms with Gasteiger partial charge in [0.1, 0.15) is 23.0 Å². The molecule has 3 N–H and O–H groups in total. The summed E-state index contributed by atoms with van der Waals surface area (Å²) in [6, 6.07) is 7.97. The first-order chi connectivity index (χ1) is 13.5. The summed E-state index contributed by atoms with van der Waals surface area (Å²) in [6.07, 6.45) is 3.33. The van der Waals surface area contributed by atoms with Gasteiger partial charge in [-0.2, -0.15) is 0 Å². The molecule has 0 radical (unpaired) electrons. The Hall–Kier alpha value is -3.46. The van der Waals surface area contributed by atoms with Gasteiger partial charge in [-0.05, 0) is 31.2 Å². The molecule has 3 heterocycles. The van der Waals surface area contributed by atoms with E-state index in [1.165, 1.54) is 24.5 Å². The SMILES string of the molecule is COc1cccc(F)c1-c1cccn2c(N)c(C(=O)Nc3ncc(C)s3)nc12. The maximum absolute atomic E-state index is 14.6. The highest BCUT2D eigenvalue weighted by Crippen LogP contribution is 2.35. The number of aryl methyl sites for hydroxylation is 1. The summed E-state index contributed by atoms with van der Waals surface area (Å²) in [7, 11) is 1.47. The molecular formula is C19H16FN5O2S. The normalized spacial score (nSPS) is 11.0. The fourth-order valence-corrected chi connectivity index (χ4v) is 3.61. The first-order valence-electron chi connectivity index (χ1n) is 8.32. The minimum absolute atomic E-state index is 0.0376. The summed E-state index contributed by atoms with van der Waals surface area (Å²) >= 11 is 1.35. The Morgan fingerprint density at radius 3 is 2.86 bits per heavy atom. The number of anilines is 2. The monoisotopic (exact) mass is 397 g/mol. The summed E-state index contributed by atoms with van der Waals surface area (Å²) in [4.78, 5) is 22.1. The van der Waals surface area contributed by atoms with Crippen LogP contribution >= 0.6 is 11.3 Å². The Balaban J connectivity index is 1.84. The van der Waals surface area contributed by atoms with Crippen LogP contribution in [0.5, 0.6) is 5.75 Å². The fraction of sp³-hybridized carbons (Fsp3) is 0.105. The number of imidazole rings is 1. The number of thiazole rings is 1. The first kappa shape index (κ1) is 17.9. The van der Waals surface area contributed by atoms with E-state index in [-0.39, 0.29) is 17.1 Å². The molecule has 0 spiro atoms. The van der Waals surface area contributed by atoms with E-state index in [1.807, 2.05) is 6.92 Å². The third-order valence-electron chi connectivity index (χ3n) is 4.21. The summed E-state index contributed by atoms with van der Waals surface area (Å²) in [5.41, 5.74) is 7.26. The van der Waals surface area contributed by atoms with Crippen LogP contribution in [0.15, 0.2) is 42.7 Å². The van der Waals surface area contributed by atoms with Crippen LogP contribution in [0.3, 0.4) is 0 Å². The molecule has 0 bridgehead atoms. The predicted octanol–water partition coefficient (Wildman–Crippen LogP) is 3.75. The molecule has 4 rings (SSSR count). The van der Waals surface area contributed by atoms with Gasteiger partial charge in [-0.3, -0.25) is 14.5 Å². The van der Waals surface area contributed by atoms with Crippen molar-refractivity contribution in [2.45, 2.75) is 6.92 Å². The number of nitrogens with zero attached hydrogens (tertiary/aromatic N) is 3. The highest BCUT2D eigenvalue weighted by Gasteiger charge is 2.22. The third kappa shape index (κ3) is 2.95. The molecule has 142 valence electrons. The molecule has 4 aromatic rings. The highest BCUT2D eigenvalue weighted by atomic mass is 32.1. The topological polar surface area (TPSA) is 94.5 Å². The molecule has 9 heteroatoms. The zero-order valence-electron chi connectivity index (χ0n) is 15.1. The lowest BCUT2D eigenvalue weighted by molar-refractivity contribution is 0.102. The average molecular weight is 397 g/mol. The lowest BCUT2D eigenvalue weighted by atomic mass is 10.1. The van der Waals surface area contributed by atoms with Crippen molar-refractivity contribution < 1.29 is 13.9 Å². The lowest BCUT2D eigenvalue weighted by Crippen LogP contribution is -2.14. The smallest absolute Gasteiger partial charge is 0.279 e. The average Bonchev–Trinajstić information content (AvgIpc) is 3.24. The molecule has 0 aliphatic carbocycles. The van der Waals surface area contributed by atoms with E-state index in [9.17, 15) is 9.18 Å². The molecule has 0 aliphatic rings. The Labute approximate surface area is 163 Å². The van der Waals surface area contributed by atoms with Crippen LogP contribution in [0.1, 0.15) is 15.4 Å². The number of nitrogen functional groups attached to an aromatic ring is 1. The number of nitrogens with two attached hydrogens (primary N) is 1. The van der Waals surface area contributed by atoms with E-state index in [1.54, 1.807) is 41.1 Å². The molecule has 0 unspecified atom stereocenters. The number of benzene rings is 1. The molecule has 0 fully saturated rings. The maximum atomic E-state index is 14.6. The van der Waals surface area contributed by atoms with Crippen molar-refractivity contribution in [2.24, 2.45) is 0 Å². The van der Waals surface area contributed by atoms with Gasteiger partial charge < -0.3 is 10.5 Å². The molecule has 1 amide bonds. The molecule has 1 aromatic carbocycles. The highest BCUT2D eigenvalue weighted by molar-refractivity contribution is 7.15. The number of nitrogens with one attached hydrogen (secondary N) is 1. The van der Waals surface area contributed by atoms with Gasteiger partial charge in [-0.15, -0.1) is 11.3 Å². The molecular weight excluding hydrogens is 381 g/mol. The molecule has 0 saturated heterocycles. The Kier molecular flexibility index (Phi) is 4.44. The Morgan fingerprint density at radius 2 is 2.14 bits per heavy atom. The quantitative estimate of drug-likeness (QED) is 0.547. The third-order valence-corrected chi connectivity index (χ3v) is 5.04. The Morgan fingerprint density at radius 1 is 1.32 bits per heavy atom. The van der Waals surface area contributed by atoms with Gasteiger partial charge in [0, 0.05) is 22.8 Å². The Bertz CT molecular complexity index is 1200. The molecule has 3 aromatic heterocycles. The number of aromatic nitrogens is 3. The van der Waals surface area contributed by atoms with Crippen molar-refractivity contribution in [1.29, 1.82) is 0 Å². The van der Waals surface area contributed by atoms with E-state index in [4.69, 9.17) is 10.5 Å². The predicted molar refractivity (Wildman–Crippen MR) is 106 cm³/mol. The van der Waals surface area contributed by atoms with Crippen molar-refractivity contribution in [3.8, 4) is 16.9 Å². The first-order valence-corrected chi connectivity index (χ1v) is 9.14. The molecule has 28 heavy (non-hydrogen) atoms. The maximum Gasteiger partial charge on any atom is 0.279 e. The van der Waals surface area contributed by atoms with Gasteiger partial charge in [0.15, 0.2) is 10.8 Å². The molecule has 0 aliphatic heterocycles. The number of hydrogen-bond acceptors (Lipinski definition) is 6.